The molecule has 0 aliphatic rings. The van der Waals surface area contributed by atoms with Crippen LogP contribution in [-0.4, -0.2) is 70.0 Å². The quantitative estimate of drug-likeness (QED) is 0.0195. The summed E-state index contributed by atoms with van der Waals surface area (Å²) in [5.74, 6) is -0.856. The van der Waals surface area contributed by atoms with Gasteiger partial charge in [0.2, 0.25) is 0 Å². The van der Waals surface area contributed by atoms with Crippen molar-refractivity contribution in [2.45, 2.75) is 245 Å². The Bertz CT molecular complexity index is 1630. The summed E-state index contributed by atoms with van der Waals surface area (Å²) in [6, 6.07) is 0. The highest BCUT2D eigenvalue weighted by Crippen LogP contribution is 2.38. The van der Waals surface area contributed by atoms with E-state index in [0.717, 1.165) is 109 Å². The third-order valence-corrected chi connectivity index (χ3v) is 13.5. The number of likely N-dealkylation sites (N-methyl/N-ethyl adjacent to an activating group) is 1. The number of phosphoric ester groups is 1. The molecule has 0 amide bonds. The number of carbonyl (C=O) groups excluding carboxylic acids is 2. The maximum absolute atomic E-state index is 12.8. The molecule has 0 fully saturated rings. The molecule has 0 aliphatic heterocycles. The first kappa shape index (κ1) is 71.7. The Balaban J connectivity index is 4.22. The highest BCUT2D eigenvalue weighted by Gasteiger charge is 2.22. The first-order chi connectivity index (χ1) is 36.5. The molecule has 75 heavy (non-hydrogen) atoms. The van der Waals surface area contributed by atoms with Gasteiger partial charge in [0.05, 0.1) is 27.7 Å². The van der Waals surface area contributed by atoms with Crippen molar-refractivity contribution in [1.29, 1.82) is 0 Å². The molecule has 2 atom stereocenters. The second-order valence-corrected chi connectivity index (χ2v) is 22.4. The van der Waals surface area contributed by atoms with Gasteiger partial charge in [-0.15, -0.1) is 0 Å². The summed E-state index contributed by atoms with van der Waals surface area (Å²) >= 11 is 0. The van der Waals surface area contributed by atoms with Crippen molar-refractivity contribution >= 4 is 19.8 Å². The van der Waals surface area contributed by atoms with Crippen molar-refractivity contribution in [1.82, 2.24) is 0 Å². The summed E-state index contributed by atoms with van der Waals surface area (Å²) in [4.78, 5) is 37.9. The number of nitrogens with zero attached hydrogens (tertiary/aromatic N) is 1. The van der Waals surface area contributed by atoms with Gasteiger partial charge in [-0.3, -0.25) is 14.2 Å². The lowest BCUT2D eigenvalue weighted by Gasteiger charge is -2.28. The summed E-state index contributed by atoms with van der Waals surface area (Å²) in [5, 5.41) is 0. The van der Waals surface area contributed by atoms with Gasteiger partial charge < -0.3 is 27.9 Å². The van der Waals surface area contributed by atoms with Crippen molar-refractivity contribution < 1.29 is 42.1 Å². The molecule has 9 nitrogen and oxygen atoms in total. The molecule has 0 heterocycles. The number of hydrogen-bond acceptors (Lipinski definition) is 8. The van der Waals surface area contributed by atoms with E-state index in [2.05, 4.69) is 123 Å². The monoisotopic (exact) mass is 1070 g/mol. The largest absolute Gasteiger partial charge is 0.756 e. The van der Waals surface area contributed by atoms with E-state index >= 15 is 0 Å². The fourth-order valence-corrected chi connectivity index (χ4v) is 8.67. The Morgan fingerprint density at radius 1 is 0.427 bits per heavy atom. The summed E-state index contributed by atoms with van der Waals surface area (Å²) in [7, 11) is 1.14. The van der Waals surface area contributed by atoms with E-state index in [0.29, 0.717) is 17.4 Å². The Labute approximate surface area is 461 Å². The molecular weight excluding hydrogens is 954 g/mol. The molecule has 430 valence electrons. The standard InChI is InChI=1S/C65H112NO8P/c1-6-8-10-12-14-16-18-20-22-24-26-27-28-29-30-31-32-33-34-35-36-37-38-39-40-42-44-46-48-50-52-54-56-58-65(68)74-63(62-73-75(69,70)72-60-59-66(3,4)5)61-71-64(67)57-55-53-51-49-47-45-43-41-25-23-21-19-17-15-13-11-9-7-2/h8,10,14,16,20,22,26-27,29-30,32-33,35-36,38-39,42,44,63H,6-7,9,11-13,15,17-19,21,23-25,28,31,34,37,40-41,43,45-62H2,1-5H3/b10-8-,16-14-,22-20-,27-26-,30-29-,33-32-,36-35-,39-38-,44-42-. The van der Waals surface area contributed by atoms with E-state index in [-0.39, 0.29) is 32.0 Å². The van der Waals surface area contributed by atoms with E-state index in [1.165, 1.54) is 96.3 Å². The van der Waals surface area contributed by atoms with Crippen LogP contribution >= 0.6 is 7.82 Å². The molecule has 0 aromatic carbocycles. The van der Waals surface area contributed by atoms with E-state index in [1.807, 2.05) is 21.1 Å². The van der Waals surface area contributed by atoms with Crippen LogP contribution in [0.3, 0.4) is 0 Å². The van der Waals surface area contributed by atoms with Crippen molar-refractivity contribution in [3.63, 3.8) is 0 Å². The van der Waals surface area contributed by atoms with Crippen LogP contribution in [0.5, 0.6) is 0 Å². The number of ether oxygens (including phenoxy) is 2. The van der Waals surface area contributed by atoms with Crippen LogP contribution in [0, 0.1) is 0 Å². The topological polar surface area (TPSA) is 111 Å². The van der Waals surface area contributed by atoms with Gasteiger partial charge in [-0.2, -0.15) is 0 Å². The van der Waals surface area contributed by atoms with Crippen LogP contribution < -0.4 is 4.89 Å². The van der Waals surface area contributed by atoms with Crippen LogP contribution in [-0.2, 0) is 32.7 Å². The molecule has 10 heteroatoms. The lowest BCUT2D eigenvalue weighted by Crippen LogP contribution is -2.37. The fraction of sp³-hybridized carbons (Fsp3) is 0.692. The maximum atomic E-state index is 12.8. The molecule has 0 radical (unpaired) electrons. The zero-order valence-corrected chi connectivity index (χ0v) is 49.6. The van der Waals surface area contributed by atoms with Gasteiger partial charge in [-0.1, -0.05) is 252 Å². The van der Waals surface area contributed by atoms with Crippen molar-refractivity contribution in [2.75, 3.05) is 47.5 Å². The Morgan fingerprint density at radius 3 is 1.13 bits per heavy atom. The van der Waals surface area contributed by atoms with Crippen LogP contribution in [0.15, 0.2) is 109 Å². The van der Waals surface area contributed by atoms with Gasteiger partial charge >= 0.3 is 11.9 Å². The molecule has 0 rings (SSSR count). The first-order valence-corrected chi connectivity index (χ1v) is 31.6. The van der Waals surface area contributed by atoms with Crippen molar-refractivity contribution in [3.05, 3.63) is 109 Å². The lowest BCUT2D eigenvalue weighted by atomic mass is 10.0. The summed E-state index contributed by atoms with van der Waals surface area (Å²) in [5.41, 5.74) is 0. The van der Waals surface area contributed by atoms with Gasteiger partial charge in [0.1, 0.15) is 19.8 Å². The SMILES string of the molecule is CC/C=C\C/C=C\C/C=C\C/C=C\C/C=C\C/C=C\C/C=C\C/C=C\C/C=C\CCCCCCCC(=O)OC(COC(=O)CCCCCCCCCCCCCCCCCCCC)COP(=O)([O-])OCC[N+](C)(C)C. The molecule has 0 N–H and O–H groups in total. The summed E-state index contributed by atoms with van der Waals surface area (Å²) < 4.78 is 34.1. The Kier molecular flexibility index (Phi) is 53.0. The average molecular weight is 1070 g/mol. The highest BCUT2D eigenvalue weighted by atomic mass is 31.2. The lowest BCUT2D eigenvalue weighted by molar-refractivity contribution is -0.870. The fourth-order valence-electron chi connectivity index (χ4n) is 7.94. The molecule has 0 aromatic rings. The third kappa shape index (κ3) is 59.8. The molecule has 2 unspecified atom stereocenters. The first-order valence-electron chi connectivity index (χ1n) is 30.1. The molecule has 0 spiro atoms. The highest BCUT2D eigenvalue weighted by molar-refractivity contribution is 7.45. The predicted molar refractivity (Wildman–Crippen MR) is 318 cm³/mol. The zero-order chi connectivity index (χ0) is 54.9. The van der Waals surface area contributed by atoms with Crippen molar-refractivity contribution in [2.24, 2.45) is 0 Å². The van der Waals surface area contributed by atoms with E-state index < -0.39 is 26.5 Å². The van der Waals surface area contributed by atoms with Crippen LogP contribution in [0.25, 0.3) is 0 Å². The van der Waals surface area contributed by atoms with Crippen molar-refractivity contribution in [3.8, 4) is 0 Å². The second-order valence-electron chi connectivity index (χ2n) is 21.0. The molecule has 0 aromatic heterocycles. The minimum atomic E-state index is -4.65. The summed E-state index contributed by atoms with van der Waals surface area (Å²) in [6.07, 6.45) is 77.0. The Hall–Kier alpha value is -3.33. The van der Waals surface area contributed by atoms with Crippen LogP contribution in [0.1, 0.15) is 239 Å². The number of carbonyl (C=O) groups is 2. The number of esters is 2. The normalized spacial score (nSPS) is 14.1. The van der Waals surface area contributed by atoms with Crippen LogP contribution in [0.2, 0.25) is 0 Å². The maximum Gasteiger partial charge on any atom is 0.306 e. The Morgan fingerprint density at radius 2 is 0.760 bits per heavy atom. The zero-order valence-electron chi connectivity index (χ0n) is 48.7. The van der Waals surface area contributed by atoms with Gasteiger partial charge in [0.25, 0.3) is 7.82 Å². The smallest absolute Gasteiger partial charge is 0.306 e. The second kappa shape index (κ2) is 55.4. The van der Waals surface area contributed by atoms with Gasteiger partial charge in [-0.05, 0) is 83.5 Å². The number of rotatable bonds is 54. The minimum absolute atomic E-state index is 0.0392. The molecule has 0 bridgehead atoms. The number of unbranched alkanes of at least 4 members (excludes halogenated alkanes) is 22. The number of allylic oxidation sites excluding steroid dienone is 18. The molecular formula is C65H112NO8P. The minimum Gasteiger partial charge on any atom is -0.756 e. The van der Waals surface area contributed by atoms with Crippen LogP contribution in [0.4, 0.5) is 0 Å². The number of phosphoric acid groups is 1. The molecule has 0 saturated carbocycles. The third-order valence-electron chi connectivity index (χ3n) is 12.6. The average Bonchev–Trinajstić information content (AvgIpc) is 3.37. The van der Waals surface area contributed by atoms with E-state index in [9.17, 15) is 19.0 Å². The van der Waals surface area contributed by atoms with Gasteiger partial charge in [0, 0.05) is 12.8 Å². The van der Waals surface area contributed by atoms with E-state index in [1.54, 1.807) is 0 Å². The van der Waals surface area contributed by atoms with Gasteiger partial charge in [-0.25, -0.2) is 0 Å². The van der Waals surface area contributed by atoms with E-state index in [4.69, 9.17) is 18.5 Å². The predicted octanol–water partition coefficient (Wildman–Crippen LogP) is 18.3. The number of hydrogen-bond donors (Lipinski definition) is 0. The summed E-state index contributed by atoms with van der Waals surface area (Å²) in [6.45, 7) is 4.11. The van der Waals surface area contributed by atoms with Gasteiger partial charge in [0.15, 0.2) is 6.10 Å². The molecule has 0 saturated heterocycles. The number of quaternary nitrogens is 1. The molecule has 0 aliphatic carbocycles.